The van der Waals surface area contributed by atoms with Crippen LogP contribution in [0.5, 0.6) is 0 Å². The summed E-state index contributed by atoms with van der Waals surface area (Å²) >= 11 is 4.24. The summed E-state index contributed by atoms with van der Waals surface area (Å²) in [6, 6.07) is 0. The smallest absolute Gasteiger partial charge is 0.305 e. The zero-order valence-electron chi connectivity index (χ0n) is 16.4. The van der Waals surface area contributed by atoms with Crippen molar-refractivity contribution in [3.63, 3.8) is 0 Å². The van der Waals surface area contributed by atoms with E-state index < -0.39 is 36.7 Å². The van der Waals surface area contributed by atoms with Crippen molar-refractivity contribution >= 4 is 55.1 Å². The number of carboxylic acids is 2. The Morgan fingerprint density at radius 3 is 1.75 bits per heavy atom. The number of carbonyl (C=O) groups is 3. The van der Waals surface area contributed by atoms with Crippen molar-refractivity contribution in [1.82, 2.24) is 0 Å². The Labute approximate surface area is 287 Å². The number of cyclic esters (lactones) is 1. The number of ether oxygens (including phenoxy) is 1. The molecule has 0 saturated carbocycles. The van der Waals surface area contributed by atoms with E-state index in [4.69, 9.17) is 30.6 Å². The fourth-order valence-corrected chi connectivity index (χ4v) is 1.38. The quantitative estimate of drug-likeness (QED) is 0.112. The van der Waals surface area contributed by atoms with Gasteiger partial charge in [0, 0.05) is 166 Å². The largest absolute Gasteiger partial charge is 0.637 e. The summed E-state index contributed by atoms with van der Waals surface area (Å²) in [5.41, 5.74) is 0. The maximum Gasteiger partial charge on any atom is 0.305 e. The third-order valence-corrected chi connectivity index (χ3v) is 2.55. The van der Waals surface area contributed by atoms with E-state index in [9.17, 15) is 19.5 Å². The second kappa shape index (κ2) is 38.5. The molecule has 32 heavy (non-hydrogen) atoms. The van der Waals surface area contributed by atoms with Gasteiger partial charge in [0.2, 0.25) is 0 Å². The van der Waals surface area contributed by atoms with Crippen LogP contribution in [0.25, 0.3) is 0 Å². The molecule has 3 unspecified atom stereocenters. The molecule has 16 heteroatoms. The SMILES string of the molecule is C.II.O=C(O)CC(O)C[CH-]O.O=C([O-])CC(O)C[CH-]O.O=C1CC(O)C[CH-]O1.[Y].[Y].[Y]. The summed E-state index contributed by atoms with van der Waals surface area (Å²) in [5.74, 6) is -2.72. The van der Waals surface area contributed by atoms with Gasteiger partial charge in [0.15, 0.2) is 0 Å². The van der Waals surface area contributed by atoms with Crippen molar-refractivity contribution in [2.45, 2.75) is 64.3 Å². The molecule has 3 radical (unpaired) electrons. The number of aliphatic hydroxyl groups excluding tert-OH is 5. The maximum absolute atomic E-state index is 10.3. The van der Waals surface area contributed by atoms with Crippen LogP contribution in [0.15, 0.2) is 0 Å². The number of esters is 1. The van der Waals surface area contributed by atoms with Gasteiger partial charge >= 0.3 is 5.97 Å². The van der Waals surface area contributed by atoms with Gasteiger partial charge in [0.25, 0.3) is 5.97 Å². The zero-order chi connectivity index (χ0) is 22.5. The van der Waals surface area contributed by atoms with E-state index in [1.165, 1.54) is 6.61 Å². The molecule has 1 heterocycles. The van der Waals surface area contributed by atoms with Crippen LogP contribution in [-0.4, -0.2) is 66.9 Å². The van der Waals surface area contributed by atoms with Crippen LogP contribution in [0.2, 0.25) is 0 Å². The van der Waals surface area contributed by atoms with Crippen LogP contribution in [-0.2, 0) is 117 Å². The van der Waals surface area contributed by atoms with Crippen molar-refractivity contribution in [3.05, 3.63) is 19.8 Å². The molecule has 0 aromatic rings. The molecule has 1 aliphatic rings. The molecular weight excluding hydrogens is 889 g/mol. The normalized spacial score (nSPS) is 15.0. The van der Waals surface area contributed by atoms with E-state index in [2.05, 4.69) is 42.0 Å². The summed E-state index contributed by atoms with van der Waals surface area (Å²) in [4.78, 5) is 29.8. The van der Waals surface area contributed by atoms with Crippen molar-refractivity contribution in [2.24, 2.45) is 0 Å². The van der Waals surface area contributed by atoms with Crippen LogP contribution in [0.4, 0.5) is 0 Å². The average Bonchev–Trinajstić information content (AvgIpc) is 2.56. The average molecular weight is 917 g/mol. The van der Waals surface area contributed by atoms with E-state index in [0.29, 0.717) is 13.0 Å². The van der Waals surface area contributed by atoms with Crippen molar-refractivity contribution < 1.29 is 153 Å². The van der Waals surface area contributed by atoms with Gasteiger partial charge in [0.05, 0.1) is 12.8 Å². The molecule has 0 spiro atoms. The van der Waals surface area contributed by atoms with Crippen molar-refractivity contribution in [2.75, 3.05) is 0 Å². The number of hydrogen-bond acceptors (Lipinski definition) is 10. The Morgan fingerprint density at radius 1 is 1.09 bits per heavy atom. The summed E-state index contributed by atoms with van der Waals surface area (Å²) in [7, 11) is 0. The van der Waals surface area contributed by atoms with Gasteiger partial charge in [-0.1, -0.05) is 7.43 Å². The maximum atomic E-state index is 10.3. The molecule has 1 saturated heterocycles. The Kier molecular flexibility index (Phi) is 62.1. The Bertz CT molecular complexity index is 401. The fourth-order valence-electron chi connectivity index (χ4n) is 1.38. The zero-order valence-corrected chi connectivity index (χ0v) is 29.2. The number of carbonyl (C=O) groups excluding carboxylic acids is 2. The molecule has 3 atom stereocenters. The summed E-state index contributed by atoms with van der Waals surface area (Å²) in [5, 5.41) is 59.9. The van der Waals surface area contributed by atoms with Crippen LogP contribution in [0.1, 0.15) is 46.0 Å². The fraction of sp³-hybridized carbons (Fsp3) is 0.625. The van der Waals surface area contributed by atoms with Gasteiger partial charge in [0.1, 0.15) is 0 Å². The summed E-state index contributed by atoms with van der Waals surface area (Å²) in [6.45, 7) is 2.79. The third-order valence-electron chi connectivity index (χ3n) is 2.55. The van der Waals surface area contributed by atoms with Gasteiger partial charge in [-0.2, -0.15) is 6.61 Å². The molecule has 11 nitrogen and oxygen atoms in total. The van der Waals surface area contributed by atoms with Gasteiger partial charge < -0.3 is 45.3 Å². The number of carboxylic acid groups (broad SMARTS) is 2. The molecule has 1 fully saturated rings. The first kappa shape index (κ1) is 51.6. The summed E-state index contributed by atoms with van der Waals surface area (Å²) < 4.78 is 4.42. The monoisotopic (exact) mass is 917 g/mol. The minimum absolute atomic E-state index is 0. The second-order valence-electron chi connectivity index (χ2n) is 5.07. The molecule has 0 aromatic carbocycles. The van der Waals surface area contributed by atoms with Gasteiger partial charge in [-0.25, -0.2) is 13.2 Å². The molecule has 0 aromatic heterocycles. The van der Waals surface area contributed by atoms with Crippen molar-refractivity contribution in [3.8, 4) is 0 Å². The predicted octanol–water partition coefficient (Wildman–Crippen LogP) is 0.404. The Hall–Kier alpha value is 2.98. The van der Waals surface area contributed by atoms with Gasteiger partial charge in [-0.05, 0) is 0 Å². The van der Waals surface area contributed by atoms with E-state index in [-0.39, 0.29) is 137 Å². The molecule has 0 bridgehead atoms. The van der Waals surface area contributed by atoms with Gasteiger partial charge in [-0.3, -0.25) is 9.59 Å². The molecule has 1 rings (SSSR count). The first-order valence-corrected chi connectivity index (χ1v) is 13.9. The number of hydrogen-bond donors (Lipinski definition) is 6. The van der Waals surface area contributed by atoms with Crippen LogP contribution >= 0.6 is 37.2 Å². The van der Waals surface area contributed by atoms with E-state index >= 15 is 0 Å². The molecule has 1 aliphatic heterocycles. The van der Waals surface area contributed by atoms with Crippen molar-refractivity contribution in [1.29, 1.82) is 0 Å². The third kappa shape index (κ3) is 46.3. The molecule has 0 aliphatic carbocycles. The van der Waals surface area contributed by atoms with E-state index in [0.717, 1.165) is 6.61 Å². The molecule has 185 valence electrons. The molecule has 0 amide bonds. The number of halogens is 2. The van der Waals surface area contributed by atoms with E-state index in [1.807, 2.05) is 0 Å². The summed E-state index contributed by atoms with van der Waals surface area (Å²) in [6.07, 6.45) is -2.69. The number of aliphatic carboxylic acids is 2. The first-order chi connectivity index (χ1) is 13.1. The second-order valence-corrected chi connectivity index (χ2v) is 5.07. The van der Waals surface area contributed by atoms with E-state index in [1.54, 1.807) is 0 Å². The van der Waals surface area contributed by atoms with Crippen LogP contribution in [0.3, 0.4) is 0 Å². The Balaban J connectivity index is -0.0000000531. The van der Waals surface area contributed by atoms with Crippen LogP contribution in [0, 0.1) is 19.8 Å². The molecular formula is C16H28I2O11Y3-4. The van der Waals surface area contributed by atoms with Crippen LogP contribution < -0.4 is 5.11 Å². The minimum atomic E-state index is -1.32. The molecule has 6 N–H and O–H groups in total. The number of rotatable bonds is 8. The minimum Gasteiger partial charge on any atom is -0.637 e. The Morgan fingerprint density at radius 2 is 1.50 bits per heavy atom. The topological polar surface area (TPSA) is 205 Å². The van der Waals surface area contributed by atoms with Gasteiger partial charge in [-0.15, -0.1) is 19.3 Å². The number of aliphatic hydroxyl groups is 5. The predicted molar refractivity (Wildman–Crippen MR) is 116 cm³/mol. The first-order valence-electron chi connectivity index (χ1n) is 7.65. The standard InChI is InChI=1S/2C5H9O4.C5H7O3.CH4.I2.3Y/c2*6-2-1-4(7)3-5(8)9;6-4-1-2-8-5(7)3-4;;1-2;;;/h2*2,4,6-7H,1,3H2,(H,8,9);2,4,6H,1,3H2;1H4;;;;/q3*-1;;;;;/p-1.